The molecule has 0 bridgehead atoms. The van der Waals surface area contributed by atoms with E-state index in [1.807, 2.05) is 20.2 Å². The molecule has 2 aromatic heterocycles. The van der Waals surface area contributed by atoms with E-state index in [1.165, 1.54) is 11.1 Å². The average Bonchev–Trinajstić information content (AvgIpc) is 3.64. The van der Waals surface area contributed by atoms with Crippen LogP contribution in [0.25, 0.3) is 0 Å². The van der Waals surface area contributed by atoms with Gasteiger partial charge in [-0.2, -0.15) is 10.1 Å². The van der Waals surface area contributed by atoms with Gasteiger partial charge in [0.2, 0.25) is 5.95 Å². The molecule has 198 valence electrons. The summed E-state index contributed by atoms with van der Waals surface area (Å²) >= 11 is 6.41. The van der Waals surface area contributed by atoms with Crippen LogP contribution in [0, 0.1) is 13.8 Å². The van der Waals surface area contributed by atoms with Gasteiger partial charge in [-0.05, 0) is 81.8 Å². The monoisotopic (exact) mass is 525 g/mol. The second-order valence-corrected chi connectivity index (χ2v) is 10.5. The lowest BCUT2D eigenvalue weighted by Crippen LogP contribution is -2.35. The van der Waals surface area contributed by atoms with E-state index in [1.54, 1.807) is 18.0 Å². The highest BCUT2D eigenvalue weighted by atomic mass is 35.5. The Morgan fingerprint density at radius 1 is 1.08 bits per heavy atom. The second kappa shape index (κ2) is 11.2. The molecule has 1 saturated heterocycles. The topological polar surface area (TPSA) is 89.4 Å². The van der Waals surface area contributed by atoms with Gasteiger partial charge in [0.05, 0.1) is 36.0 Å². The molecule has 5 rings (SSSR count). The molecule has 37 heavy (non-hydrogen) atoms. The fraction of sp³-hybridized carbons (Fsp3) is 0.519. The Morgan fingerprint density at radius 3 is 2.54 bits per heavy atom. The predicted molar refractivity (Wildman–Crippen MR) is 147 cm³/mol. The van der Waals surface area contributed by atoms with Gasteiger partial charge in [0.15, 0.2) is 5.82 Å². The molecule has 1 aliphatic heterocycles. The van der Waals surface area contributed by atoms with Gasteiger partial charge in [0.1, 0.15) is 10.8 Å². The third-order valence-electron chi connectivity index (χ3n) is 7.08. The minimum Gasteiger partial charge on any atom is -0.488 e. The Bertz CT molecular complexity index is 1240. The van der Waals surface area contributed by atoms with Crippen LogP contribution in [0.15, 0.2) is 24.5 Å². The van der Waals surface area contributed by atoms with Crippen molar-refractivity contribution in [3.05, 3.63) is 46.4 Å². The van der Waals surface area contributed by atoms with Gasteiger partial charge in [0.25, 0.3) is 0 Å². The third-order valence-corrected chi connectivity index (χ3v) is 7.36. The van der Waals surface area contributed by atoms with E-state index in [2.05, 4.69) is 49.7 Å². The molecule has 0 radical (unpaired) electrons. The van der Waals surface area contributed by atoms with Gasteiger partial charge in [-0.1, -0.05) is 11.6 Å². The summed E-state index contributed by atoms with van der Waals surface area (Å²) in [6, 6.07) is 4.40. The number of nitrogens with one attached hydrogen (secondary N) is 2. The molecule has 2 aliphatic rings. The number of benzene rings is 1. The zero-order chi connectivity index (χ0) is 25.9. The number of piperidine rings is 1. The lowest BCUT2D eigenvalue weighted by Gasteiger charge is -2.33. The van der Waals surface area contributed by atoms with Crippen LogP contribution in [0.4, 0.5) is 23.1 Å². The first-order valence-corrected chi connectivity index (χ1v) is 13.4. The zero-order valence-electron chi connectivity index (χ0n) is 22.1. The van der Waals surface area contributed by atoms with Gasteiger partial charge in [-0.25, -0.2) is 4.98 Å². The van der Waals surface area contributed by atoms with E-state index >= 15 is 0 Å². The van der Waals surface area contributed by atoms with Crippen LogP contribution in [0.2, 0.25) is 5.02 Å². The Labute approximate surface area is 223 Å². The van der Waals surface area contributed by atoms with Crippen molar-refractivity contribution in [1.82, 2.24) is 24.6 Å². The first kappa shape index (κ1) is 25.8. The minimum absolute atomic E-state index is 0.281. The van der Waals surface area contributed by atoms with Gasteiger partial charge in [-0.3, -0.25) is 4.68 Å². The number of ether oxygens (including phenoxy) is 2. The van der Waals surface area contributed by atoms with Crippen molar-refractivity contribution in [3.63, 3.8) is 0 Å². The number of aryl methyl sites for hydroxylation is 3. The van der Waals surface area contributed by atoms with Gasteiger partial charge in [-0.15, -0.1) is 0 Å². The molecule has 1 aliphatic carbocycles. The number of nitrogens with zero attached hydrogens (tertiary/aromatic N) is 5. The molecule has 2 N–H and O–H groups in total. The molecule has 2 fully saturated rings. The summed E-state index contributed by atoms with van der Waals surface area (Å²) in [6.45, 7) is 8.09. The maximum Gasteiger partial charge on any atom is 0.229 e. The maximum atomic E-state index is 6.41. The SMILES string of the molecule is COCCN1CCC(c2cc(OC3CC3)c(Nc3ncc(Cl)c(Nc4cn(C)nc4C)n3)cc2C)CC1. The fourth-order valence-electron chi connectivity index (χ4n) is 4.88. The number of hydrogen-bond donors (Lipinski definition) is 2. The lowest BCUT2D eigenvalue weighted by molar-refractivity contribution is 0.130. The standard InChI is InChI=1S/C27H36ClN7O2/c1-17-13-23(31-27-29-15-22(28)26(32-27)30-24-16-34(3)33-18(24)2)25(37-20-5-6-20)14-21(17)19-7-9-35(10-8-19)11-12-36-4/h13-16,19-20H,5-12H2,1-4H3,(H2,29,30,31,32). The number of likely N-dealkylation sites (tertiary alicyclic amines) is 1. The fourth-order valence-corrected chi connectivity index (χ4v) is 5.02. The van der Waals surface area contributed by atoms with Crippen LogP contribution in [0.1, 0.15) is 48.4 Å². The molecule has 1 aromatic carbocycles. The highest BCUT2D eigenvalue weighted by Gasteiger charge is 2.27. The van der Waals surface area contributed by atoms with Crippen LogP contribution < -0.4 is 15.4 Å². The van der Waals surface area contributed by atoms with Crippen LogP contribution >= 0.6 is 11.6 Å². The molecule has 9 nitrogen and oxygen atoms in total. The highest BCUT2D eigenvalue weighted by molar-refractivity contribution is 6.32. The van der Waals surface area contributed by atoms with Crippen LogP contribution in [-0.4, -0.2) is 64.1 Å². The molecule has 3 aromatic rings. The zero-order valence-corrected chi connectivity index (χ0v) is 22.8. The molecule has 1 saturated carbocycles. The molecule has 0 spiro atoms. The number of rotatable bonds is 10. The van der Waals surface area contributed by atoms with Crippen molar-refractivity contribution in [2.24, 2.45) is 7.05 Å². The minimum atomic E-state index is 0.281. The smallest absolute Gasteiger partial charge is 0.229 e. The van der Waals surface area contributed by atoms with Crippen LogP contribution in [-0.2, 0) is 11.8 Å². The van der Waals surface area contributed by atoms with E-state index in [-0.39, 0.29) is 6.10 Å². The van der Waals surface area contributed by atoms with E-state index in [0.29, 0.717) is 22.7 Å². The summed E-state index contributed by atoms with van der Waals surface area (Å²) in [4.78, 5) is 11.6. The molecule has 0 atom stereocenters. The Balaban J connectivity index is 1.36. The van der Waals surface area contributed by atoms with Crippen molar-refractivity contribution >= 4 is 34.7 Å². The third kappa shape index (κ3) is 6.34. The Hall–Kier alpha value is -2.88. The van der Waals surface area contributed by atoms with Crippen molar-refractivity contribution in [2.45, 2.75) is 51.6 Å². The Morgan fingerprint density at radius 2 is 1.86 bits per heavy atom. The van der Waals surface area contributed by atoms with E-state index < -0.39 is 0 Å². The number of anilines is 4. The predicted octanol–water partition coefficient (Wildman–Crippen LogP) is 5.33. The van der Waals surface area contributed by atoms with Gasteiger partial charge < -0.3 is 25.0 Å². The van der Waals surface area contributed by atoms with Crippen molar-refractivity contribution in [1.29, 1.82) is 0 Å². The van der Waals surface area contributed by atoms with Crippen molar-refractivity contribution in [3.8, 4) is 5.75 Å². The lowest BCUT2D eigenvalue weighted by atomic mass is 9.86. The summed E-state index contributed by atoms with van der Waals surface area (Å²) < 4.78 is 13.4. The number of methoxy groups -OCH3 is 1. The van der Waals surface area contributed by atoms with Crippen molar-refractivity contribution < 1.29 is 9.47 Å². The van der Waals surface area contributed by atoms with Crippen LogP contribution in [0.3, 0.4) is 0 Å². The first-order valence-electron chi connectivity index (χ1n) is 13.0. The first-order chi connectivity index (χ1) is 17.9. The molecule has 0 unspecified atom stereocenters. The van der Waals surface area contributed by atoms with E-state index in [9.17, 15) is 0 Å². The molecule has 0 amide bonds. The van der Waals surface area contributed by atoms with Crippen molar-refractivity contribution in [2.75, 3.05) is 44.0 Å². The summed E-state index contributed by atoms with van der Waals surface area (Å²) in [7, 11) is 3.64. The Kier molecular flexibility index (Phi) is 7.83. The second-order valence-electron chi connectivity index (χ2n) is 10.1. The largest absolute Gasteiger partial charge is 0.488 e. The summed E-state index contributed by atoms with van der Waals surface area (Å²) in [6.07, 6.45) is 8.25. The summed E-state index contributed by atoms with van der Waals surface area (Å²) in [5.41, 5.74) is 5.21. The van der Waals surface area contributed by atoms with Gasteiger partial charge in [0, 0.05) is 26.9 Å². The normalized spacial score (nSPS) is 16.7. The number of hydrogen-bond acceptors (Lipinski definition) is 8. The van der Waals surface area contributed by atoms with Gasteiger partial charge >= 0.3 is 0 Å². The number of aromatic nitrogens is 4. The summed E-state index contributed by atoms with van der Waals surface area (Å²) in [5.74, 6) is 2.36. The van der Waals surface area contributed by atoms with E-state index in [0.717, 1.165) is 74.7 Å². The quantitative estimate of drug-likeness (QED) is 0.367. The molecular weight excluding hydrogens is 490 g/mol. The summed E-state index contributed by atoms with van der Waals surface area (Å²) in [5, 5.41) is 11.5. The van der Waals surface area contributed by atoms with Crippen LogP contribution in [0.5, 0.6) is 5.75 Å². The van der Waals surface area contributed by atoms with E-state index in [4.69, 9.17) is 21.1 Å². The highest BCUT2D eigenvalue weighted by Crippen LogP contribution is 2.40. The average molecular weight is 526 g/mol. The maximum absolute atomic E-state index is 6.41. The molecule has 10 heteroatoms. The molecular formula is C27H36ClN7O2. The molecule has 3 heterocycles. The number of halogens is 1.